The Labute approximate surface area is 83.5 Å². The van der Waals surface area contributed by atoms with Crippen molar-refractivity contribution in [3.8, 4) is 0 Å². The maximum absolute atomic E-state index is 11.1. The van der Waals surface area contributed by atoms with E-state index in [1.165, 1.54) is 18.7 Å². The van der Waals surface area contributed by atoms with Crippen molar-refractivity contribution in [2.24, 2.45) is 5.73 Å². The number of hydrogen-bond acceptors (Lipinski definition) is 5. The predicted molar refractivity (Wildman–Crippen MR) is 52.4 cm³/mol. The number of rotatable bonds is 3. The molecule has 0 saturated carbocycles. The van der Waals surface area contributed by atoms with Gasteiger partial charge in [-0.2, -0.15) is 0 Å². The van der Waals surface area contributed by atoms with E-state index < -0.39 is 5.91 Å². The molecule has 0 aliphatic rings. The first-order chi connectivity index (χ1) is 6.06. The highest BCUT2D eigenvalue weighted by molar-refractivity contribution is 7.98. The molecule has 0 radical (unpaired) electrons. The van der Waals surface area contributed by atoms with Crippen LogP contribution in [0.4, 0.5) is 0 Å². The van der Waals surface area contributed by atoms with Gasteiger partial charge in [0.05, 0.1) is 0 Å². The van der Waals surface area contributed by atoms with Crippen LogP contribution in [0.25, 0.3) is 0 Å². The Morgan fingerprint density at radius 3 is 2.46 bits per heavy atom. The Morgan fingerprint density at radius 1 is 1.54 bits per heavy atom. The number of amides is 1. The van der Waals surface area contributed by atoms with Gasteiger partial charge in [0.2, 0.25) is 0 Å². The van der Waals surface area contributed by atoms with Crippen LogP contribution in [-0.4, -0.2) is 22.9 Å². The standard InChI is InChI=1S/C7H8N2O2S2/c1-3(10)4-6(12-2)9-7(13-4)5(8)11/h1-2H3,(H2,8,11). The second-order valence-electron chi connectivity index (χ2n) is 2.28. The van der Waals surface area contributed by atoms with Crippen molar-refractivity contribution in [1.82, 2.24) is 4.98 Å². The van der Waals surface area contributed by atoms with Gasteiger partial charge in [-0.3, -0.25) is 9.59 Å². The molecule has 0 unspecified atom stereocenters. The molecule has 6 heteroatoms. The fourth-order valence-corrected chi connectivity index (χ4v) is 2.42. The third-order valence-electron chi connectivity index (χ3n) is 1.32. The molecule has 0 aliphatic heterocycles. The Morgan fingerprint density at radius 2 is 2.15 bits per heavy atom. The SMILES string of the molecule is CSc1nc(C(N)=O)sc1C(C)=O. The number of carbonyl (C=O) groups excluding carboxylic acids is 2. The monoisotopic (exact) mass is 216 g/mol. The summed E-state index contributed by atoms with van der Waals surface area (Å²) in [5.41, 5.74) is 5.04. The first-order valence-corrected chi connectivity index (χ1v) is 5.46. The number of nitrogens with two attached hydrogens (primary N) is 1. The second-order valence-corrected chi connectivity index (χ2v) is 4.07. The summed E-state index contributed by atoms with van der Waals surface area (Å²) < 4.78 is 0. The molecule has 1 aromatic rings. The minimum atomic E-state index is -0.590. The Balaban J connectivity index is 3.19. The van der Waals surface area contributed by atoms with Gasteiger partial charge in [-0.25, -0.2) is 4.98 Å². The normalized spacial score (nSPS) is 10.0. The van der Waals surface area contributed by atoms with Crippen LogP contribution < -0.4 is 5.73 Å². The molecule has 1 rings (SSSR count). The lowest BCUT2D eigenvalue weighted by Crippen LogP contribution is -2.09. The Bertz CT molecular complexity index is 359. The maximum atomic E-state index is 11.1. The van der Waals surface area contributed by atoms with Gasteiger partial charge in [0.15, 0.2) is 10.8 Å². The van der Waals surface area contributed by atoms with Gasteiger partial charge in [-0.1, -0.05) is 0 Å². The molecule has 0 aromatic carbocycles. The zero-order valence-corrected chi connectivity index (χ0v) is 8.79. The lowest BCUT2D eigenvalue weighted by atomic mass is 10.4. The van der Waals surface area contributed by atoms with Crippen molar-refractivity contribution in [3.05, 3.63) is 9.88 Å². The van der Waals surface area contributed by atoms with E-state index in [1.807, 2.05) is 0 Å². The van der Waals surface area contributed by atoms with Gasteiger partial charge in [-0.05, 0) is 6.26 Å². The summed E-state index contributed by atoms with van der Waals surface area (Å²) in [4.78, 5) is 26.3. The minimum Gasteiger partial charge on any atom is -0.364 e. The molecule has 0 aliphatic carbocycles. The Kier molecular flexibility index (Phi) is 3.05. The highest BCUT2D eigenvalue weighted by atomic mass is 32.2. The fourth-order valence-electron chi connectivity index (χ4n) is 0.772. The maximum Gasteiger partial charge on any atom is 0.277 e. The number of ketones is 1. The number of nitrogens with zero attached hydrogens (tertiary/aromatic N) is 1. The molecule has 70 valence electrons. The average molecular weight is 216 g/mol. The van der Waals surface area contributed by atoms with Crippen LogP contribution in [0, 0.1) is 0 Å². The predicted octanol–water partition coefficient (Wildman–Crippen LogP) is 1.17. The van der Waals surface area contributed by atoms with Gasteiger partial charge < -0.3 is 5.73 Å². The molecule has 2 N–H and O–H groups in total. The van der Waals surface area contributed by atoms with E-state index in [0.29, 0.717) is 9.90 Å². The molecular formula is C7H8N2O2S2. The van der Waals surface area contributed by atoms with Crippen molar-refractivity contribution in [3.63, 3.8) is 0 Å². The summed E-state index contributed by atoms with van der Waals surface area (Å²) in [6.07, 6.45) is 1.80. The summed E-state index contributed by atoms with van der Waals surface area (Å²) in [7, 11) is 0. The van der Waals surface area contributed by atoms with Crippen molar-refractivity contribution < 1.29 is 9.59 Å². The molecule has 1 heterocycles. The smallest absolute Gasteiger partial charge is 0.277 e. The van der Waals surface area contributed by atoms with E-state index in [4.69, 9.17) is 5.73 Å². The molecule has 1 aromatic heterocycles. The van der Waals surface area contributed by atoms with E-state index in [2.05, 4.69) is 4.98 Å². The first kappa shape index (κ1) is 10.2. The van der Waals surface area contributed by atoms with Gasteiger partial charge in [-0.15, -0.1) is 23.1 Å². The zero-order valence-electron chi connectivity index (χ0n) is 7.16. The molecular weight excluding hydrogens is 208 g/mol. The lowest BCUT2D eigenvalue weighted by molar-refractivity contribution is 0.0995. The van der Waals surface area contributed by atoms with Crippen LogP contribution >= 0.6 is 23.1 Å². The fraction of sp³-hybridized carbons (Fsp3) is 0.286. The number of carbonyl (C=O) groups is 2. The van der Waals surface area contributed by atoms with Gasteiger partial charge in [0.1, 0.15) is 9.90 Å². The number of thiazole rings is 1. The third-order valence-corrected chi connectivity index (χ3v) is 3.30. The highest BCUT2D eigenvalue weighted by Crippen LogP contribution is 2.25. The number of primary amides is 1. The molecule has 0 spiro atoms. The topological polar surface area (TPSA) is 73.0 Å². The van der Waals surface area contributed by atoms with Gasteiger partial charge in [0, 0.05) is 6.92 Å². The first-order valence-electron chi connectivity index (χ1n) is 3.41. The van der Waals surface area contributed by atoms with Crippen molar-refractivity contribution in [1.29, 1.82) is 0 Å². The second kappa shape index (κ2) is 3.89. The highest BCUT2D eigenvalue weighted by Gasteiger charge is 2.16. The quantitative estimate of drug-likeness (QED) is 0.608. The number of thioether (sulfide) groups is 1. The van der Waals surface area contributed by atoms with E-state index >= 15 is 0 Å². The molecule has 4 nitrogen and oxygen atoms in total. The van der Waals surface area contributed by atoms with E-state index in [1.54, 1.807) is 6.26 Å². The molecule has 13 heavy (non-hydrogen) atoms. The van der Waals surface area contributed by atoms with E-state index in [9.17, 15) is 9.59 Å². The summed E-state index contributed by atoms with van der Waals surface area (Å²) in [6, 6.07) is 0. The molecule has 0 saturated heterocycles. The largest absolute Gasteiger partial charge is 0.364 e. The number of aromatic nitrogens is 1. The summed E-state index contributed by atoms with van der Waals surface area (Å²) >= 11 is 2.38. The van der Waals surface area contributed by atoms with E-state index in [-0.39, 0.29) is 10.8 Å². The van der Waals surface area contributed by atoms with Crippen molar-refractivity contribution >= 4 is 34.8 Å². The summed E-state index contributed by atoms with van der Waals surface area (Å²) in [5, 5.41) is 0.765. The lowest BCUT2D eigenvalue weighted by Gasteiger charge is -1.89. The average Bonchev–Trinajstić information content (AvgIpc) is 2.47. The number of Topliss-reactive ketones (excluding diaryl/α,β-unsaturated/α-hetero) is 1. The Hall–Kier alpha value is -0.880. The zero-order chi connectivity index (χ0) is 10.0. The van der Waals surface area contributed by atoms with Crippen LogP contribution in [0.2, 0.25) is 0 Å². The molecule has 0 bridgehead atoms. The summed E-state index contributed by atoms with van der Waals surface area (Å²) in [6.45, 7) is 1.44. The van der Waals surface area contributed by atoms with Crippen LogP contribution in [-0.2, 0) is 0 Å². The van der Waals surface area contributed by atoms with Gasteiger partial charge >= 0.3 is 0 Å². The van der Waals surface area contributed by atoms with E-state index in [0.717, 1.165) is 11.3 Å². The molecule has 0 atom stereocenters. The van der Waals surface area contributed by atoms with Crippen LogP contribution in [0.3, 0.4) is 0 Å². The van der Waals surface area contributed by atoms with Crippen LogP contribution in [0.5, 0.6) is 0 Å². The minimum absolute atomic E-state index is 0.0886. The van der Waals surface area contributed by atoms with Crippen molar-refractivity contribution in [2.45, 2.75) is 11.9 Å². The van der Waals surface area contributed by atoms with Crippen molar-refractivity contribution in [2.75, 3.05) is 6.26 Å². The van der Waals surface area contributed by atoms with Crippen LogP contribution in [0.1, 0.15) is 26.4 Å². The molecule has 0 fully saturated rings. The number of hydrogen-bond donors (Lipinski definition) is 1. The van der Waals surface area contributed by atoms with Gasteiger partial charge in [0.25, 0.3) is 5.91 Å². The third kappa shape index (κ3) is 2.07. The van der Waals surface area contributed by atoms with Crippen LogP contribution in [0.15, 0.2) is 5.03 Å². The summed E-state index contributed by atoms with van der Waals surface area (Å²) in [5.74, 6) is -0.679. The molecule has 1 amide bonds.